The second kappa shape index (κ2) is 16.0. The van der Waals surface area contributed by atoms with Gasteiger partial charge in [0.1, 0.15) is 0 Å². The lowest BCUT2D eigenvalue weighted by Gasteiger charge is -2.56. The quantitative estimate of drug-likeness (QED) is 0.131. The second-order valence-corrected chi connectivity index (χ2v) is 13.6. The van der Waals surface area contributed by atoms with Gasteiger partial charge >= 0.3 is 0 Å². The molecule has 2 aliphatic rings. The minimum atomic E-state index is -0.384. The van der Waals surface area contributed by atoms with E-state index in [1.165, 1.54) is 89.9 Å². The van der Waals surface area contributed by atoms with E-state index in [0.29, 0.717) is 19.3 Å². The van der Waals surface area contributed by atoms with E-state index >= 15 is 0 Å². The van der Waals surface area contributed by atoms with Crippen LogP contribution in [0.2, 0.25) is 0 Å². The van der Waals surface area contributed by atoms with E-state index in [-0.39, 0.29) is 40.8 Å². The van der Waals surface area contributed by atoms with Crippen LogP contribution in [0, 0.1) is 5.92 Å². The first-order valence-electron chi connectivity index (χ1n) is 16.2. The summed E-state index contributed by atoms with van der Waals surface area (Å²) in [5.74, 6) is -0.0710. The number of likely N-dealkylation sites (tertiary alicyclic amines) is 2. The molecule has 2 saturated heterocycles. The molecule has 0 aromatic heterocycles. The fourth-order valence-corrected chi connectivity index (χ4v) is 7.53. The summed E-state index contributed by atoms with van der Waals surface area (Å²) in [6.07, 6.45) is 23.9. The first-order chi connectivity index (χ1) is 18.0. The van der Waals surface area contributed by atoms with Crippen LogP contribution in [-0.4, -0.2) is 44.6 Å². The van der Waals surface area contributed by atoms with E-state index in [1.54, 1.807) is 11.8 Å². The number of carbonyl (C=O) groups is 3. The van der Waals surface area contributed by atoms with Crippen molar-refractivity contribution in [3.63, 3.8) is 0 Å². The number of piperidine rings is 1. The number of carbonyl (C=O) groups excluding carboxylic acids is 3. The maximum absolute atomic E-state index is 13.3. The van der Waals surface area contributed by atoms with Crippen LogP contribution in [0.15, 0.2) is 0 Å². The van der Waals surface area contributed by atoms with Crippen molar-refractivity contribution in [3.05, 3.63) is 0 Å². The summed E-state index contributed by atoms with van der Waals surface area (Å²) in [7, 11) is 0. The molecule has 0 N–H and O–H groups in total. The zero-order valence-corrected chi connectivity index (χ0v) is 25.9. The Morgan fingerprint density at radius 3 is 1.50 bits per heavy atom. The van der Waals surface area contributed by atoms with Gasteiger partial charge in [0.05, 0.1) is 0 Å². The van der Waals surface area contributed by atoms with E-state index in [0.717, 1.165) is 19.3 Å². The molecular weight excluding hydrogens is 472 g/mol. The molecule has 0 radical (unpaired) electrons. The standard InChI is InChI=1S/C33H60N2O3/c1-7-8-9-10-11-12-13-14-15-16-17-18-19-20-21-22-23-28-24-30(37)34(31(28)38)29-25-32(3,4)35(27(2)36)33(5,6)26-29/h28-29H,7-26H2,1-6H3. The number of nitrogens with zero attached hydrogens (tertiary/aromatic N) is 2. The zero-order valence-electron chi connectivity index (χ0n) is 25.9. The normalized spacial score (nSPS) is 21.5. The second-order valence-electron chi connectivity index (χ2n) is 13.6. The molecule has 5 nitrogen and oxygen atoms in total. The van der Waals surface area contributed by atoms with Crippen molar-refractivity contribution in [3.8, 4) is 0 Å². The average molecular weight is 533 g/mol. The molecule has 3 amide bonds. The van der Waals surface area contributed by atoms with Gasteiger partial charge in [0.15, 0.2) is 0 Å². The number of imide groups is 1. The van der Waals surface area contributed by atoms with Crippen LogP contribution in [0.25, 0.3) is 0 Å². The minimum Gasteiger partial charge on any atom is -0.333 e. The Bertz CT molecular complexity index is 727. The van der Waals surface area contributed by atoms with E-state index in [2.05, 4.69) is 34.6 Å². The lowest BCUT2D eigenvalue weighted by Crippen LogP contribution is -2.66. The van der Waals surface area contributed by atoms with Crippen LogP contribution in [-0.2, 0) is 14.4 Å². The van der Waals surface area contributed by atoms with Gasteiger partial charge in [0.25, 0.3) is 0 Å². The van der Waals surface area contributed by atoms with Crippen LogP contribution in [0.5, 0.6) is 0 Å². The predicted octanol–water partition coefficient (Wildman–Crippen LogP) is 8.58. The van der Waals surface area contributed by atoms with Crippen molar-refractivity contribution in [1.82, 2.24) is 9.80 Å². The van der Waals surface area contributed by atoms with Crippen molar-refractivity contribution in [2.45, 2.75) is 187 Å². The highest BCUT2D eigenvalue weighted by Crippen LogP contribution is 2.42. The number of amides is 3. The lowest BCUT2D eigenvalue weighted by molar-refractivity contribution is -0.155. The largest absolute Gasteiger partial charge is 0.333 e. The van der Waals surface area contributed by atoms with E-state index in [9.17, 15) is 14.4 Å². The summed E-state index contributed by atoms with van der Waals surface area (Å²) >= 11 is 0. The maximum atomic E-state index is 13.3. The Labute approximate surface area is 234 Å². The van der Waals surface area contributed by atoms with Gasteiger partial charge < -0.3 is 4.90 Å². The van der Waals surface area contributed by atoms with Gasteiger partial charge in [0.2, 0.25) is 17.7 Å². The molecule has 220 valence electrons. The van der Waals surface area contributed by atoms with Crippen molar-refractivity contribution >= 4 is 17.7 Å². The molecule has 5 heteroatoms. The summed E-state index contributed by atoms with van der Waals surface area (Å²) in [5, 5.41) is 0. The molecule has 2 aliphatic heterocycles. The highest BCUT2D eigenvalue weighted by atomic mass is 16.2. The van der Waals surface area contributed by atoms with Crippen molar-refractivity contribution < 1.29 is 14.4 Å². The van der Waals surface area contributed by atoms with Gasteiger partial charge in [-0.3, -0.25) is 19.3 Å². The summed E-state index contributed by atoms with van der Waals surface area (Å²) in [5.41, 5.74) is -0.768. The highest BCUT2D eigenvalue weighted by Gasteiger charge is 2.52. The van der Waals surface area contributed by atoms with E-state index < -0.39 is 0 Å². The predicted molar refractivity (Wildman–Crippen MR) is 158 cm³/mol. The van der Waals surface area contributed by atoms with Gasteiger partial charge in [-0.25, -0.2) is 0 Å². The van der Waals surface area contributed by atoms with Crippen molar-refractivity contribution in [1.29, 1.82) is 0 Å². The number of hydrogen-bond acceptors (Lipinski definition) is 3. The van der Waals surface area contributed by atoms with E-state index in [4.69, 9.17) is 0 Å². The molecule has 1 atom stereocenters. The molecule has 1 unspecified atom stereocenters. The van der Waals surface area contributed by atoms with Crippen LogP contribution in [0.1, 0.15) is 170 Å². The molecule has 2 rings (SSSR count). The van der Waals surface area contributed by atoms with Crippen molar-refractivity contribution in [2.75, 3.05) is 0 Å². The highest BCUT2D eigenvalue weighted by molar-refractivity contribution is 6.03. The van der Waals surface area contributed by atoms with Crippen LogP contribution < -0.4 is 0 Å². The minimum absolute atomic E-state index is 0.00984. The molecule has 0 bridgehead atoms. The van der Waals surface area contributed by atoms with Crippen molar-refractivity contribution in [2.24, 2.45) is 5.92 Å². The molecule has 38 heavy (non-hydrogen) atoms. The fourth-order valence-electron chi connectivity index (χ4n) is 7.53. The van der Waals surface area contributed by atoms with Gasteiger partial charge in [-0.1, -0.05) is 110 Å². The van der Waals surface area contributed by atoms with Gasteiger partial charge in [-0.2, -0.15) is 0 Å². The van der Waals surface area contributed by atoms with Crippen LogP contribution in [0.4, 0.5) is 0 Å². The molecule has 0 saturated carbocycles. The smallest absolute Gasteiger partial charge is 0.233 e. The average Bonchev–Trinajstić information content (AvgIpc) is 3.09. The Morgan fingerprint density at radius 2 is 1.11 bits per heavy atom. The number of rotatable bonds is 18. The summed E-state index contributed by atoms with van der Waals surface area (Å²) in [6.45, 7) is 12.1. The number of unbranched alkanes of at least 4 members (excludes halogenated alkanes) is 15. The topological polar surface area (TPSA) is 57.7 Å². The first kappa shape index (κ1) is 32.8. The third-order valence-corrected chi connectivity index (χ3v) is 9.04. The van der Waals surface area contributed by atoms with Crippen LogP contribution in [0.3, 0.4) is 0 Å². The van der Waals surface area contributed by atoms with Crippen LogP contribution >= 0.6 is 0 Å². The van der Waals surface area contributed by atoms with Gasteiger partial charge in [-0.05, 0) is 47.0 Å². The fraction of sp³-hybridized carbons (Fsp3) is 0.909. The summed E-state index contributed by atoms with van der Waals surface area (Å²) in [4.78, 5) is 42.1. The molecule has 0 spiro atoms. The molecule has 2 fully saturated rings. The summed E-state index contributed by atoms with van der Waals surface area (Å²) < 4.78 is 0. The molecule has 0 aliphatic carbocycles. The molecule has 2 heterocycles. The first-order valence-corrected chi connectivity index (χ1v) is 16.2. The van der Waals surface area contributed by atoms with Gasteiger partial charge in [0, 0.05) is 36.4 Å². The third-order valence-electron chi connectivity index (χ3n) is 9.04. The third kappa shape index (κ3) is 9.97. The maximum Gasteiger partial charge on any atom is 0.233 e. The Morgan fingerprint density at radius 1 is 0.711 bits per heavy atom. The molecule has 0 aromatic rings. The molecule has 0 aromatic carbocycles. The lowest BCUT2D eigenvalue weighted by atomic mass is 9.76. The Kier molecular flexibility index (Phi) is 13.8. The van der Waals surface area contributed by atoms with Gasteiger partial charge in [-0.15, -0.1) is 0 Å². The Balaban J connectivity index is 1.58. The summed E-state index contributed by atoms with van der Waals surface area (Å²) in [6, 6.07) is -0.119. The molecular formula is C33H60N2O3. The zero-order chi connectivity index (χ0) is 28.2. The SMILES string of the molecule is CCCCCCCCCCCCCCCCCCC1CC(=O)N(C2CC(C)(C)N(C(C)=O)C(C)(C)C2)C1=O. The van der Waals surface area contributed by atoms with E-state index in [1.807, 2.05) is 4.90 Å². The Hall–Kier alpha value is -1.39. The monoisotopic (exact) mass is 532 g/mol. The number of hydrogen-bond donors (Lipinski definition) is 0.